The van der Waals surface area contributed by atoms with Gasteiger partial charge in [-0.1, -0.05) is 0 Å². The predicted octanol–water partition coefficient (Wildman–Crippen LogP) is -2.70. The molecule has 0 unspecified atom stereocenters. The van der Waals surface area contributed by atoms with Crippen molar-refractivity contribution in [3.05, 3.63) is 28.3 Å². The van der Waals surface area contributed by atoms with E-state index in [0.717, 1.165) is 3.07 Å². The summed E-state index contributed by atoms with van der Waals surface area (Å²) in [6, 6.07) is 4.24. The summed E-state index contributed by atoms with van der Waals surface area (Å²) in [4.78, 5) is 9.83. The van der Waals surface area contributed by atoms with Gasteiger partial charge in [-0.3, -0.25) is 0 Å². The third-order valence-electron chi connectivity index (χ3n) is 1.27. The molecule has 0 spiro atoms. The van der Waals surface area contributed by atoms with Crippen LogP contribution in [-0.2, 0) is 26.1 Å². The van der Waals surface area contributed by atoms with E-state index < -0.39 is 4.92 Å². The van der Waals surface area contributed by atoms with Crippen LogP contribution in [0.2, 0.25) is 0 Å². The van der Waals surface area contributed by atoms with Gasteiger partial charge in [0.15, 0.2) is 0 Å². The van der Waals surface area contributed by atoms with Gasteiger partial charge in [0, 0.05) is 0 Å². The quantitative estimate of drug-likeness (QED) is 0.327. The Morgan fingerprint density at radius 2 is 2.00 bits per heavy atom. The molecule has 0 aliphatic heterocycles. The molecule has 0 aliphatic rings. The van der Waals surface area contributed by atoms with Gasteiger partial charge >= 0.3 is 109 Å². The number of hydrogen-bond acceptors (Lipinski definition) is 4. The Bertz CT molecular complexity index is 307. The van der Waals surface area contributed by atoms with Crippen LogP contribution in [0, 0.1) is 10.1 Å². The molecule has 61 valence electrons. The Balaban J connectivity index is 0. The number of aromatic hydroxyl groups is 1. The van der Waals surface area contributed by atoms with E-state index in [1.165, 1.54) is 12.1 Å². The maximum absolute atomic E-state index is 10.3. The average molecular weight is 379 g/mol. The van der Waals surface area contributed by atoms with Gasteiger partial charge in [0.1, 0.15) is 0 Å². The summed E-state index contributed by atoms with van der Waals surface area (Å²) < 4.78 is 0.743. The maximum Gasteiger partial charge on any atom is 1.00 e. The zero-order chi connectivity index (χ0) is 8.43. The molecule has 5 nitrogen and oxygen atoms in total. The van der Waals surface area contributed by atoms with Crippen LogP contribution in [0.25, 0.3) is 0 Å². The first-order valence-corrected chi connectivity index (χ1v) is 5.65. The Morgan fingerprint density at radius 1 is 1.46 bits per heavy atom. The second-order valence-electron chi connectivity index (χ2n) is 2.07. The van der Waals surface area contributed by atoms with Crippen molar-refractivity contribution in [2.24, 2.45) is 0 Å². The van der Waals surface area contributed by atoms with Crippen molar-refractivity contribution < 1.29 is 71.2 Å². The van der Waals surface area contributed by atoms with Crippen LogP contribution in [0.3, 0.4) is 0 Å². The minimum Gasteiger partial charge on any atom is -0.870 e. The topological polar surface area (TPSA) is 93.4 Å². The van der Waals surface area contributed by atoms with Crippen LogP contribution < -0.4 is 32.6 Å². The van der Waals surface area contributed by atoms with Gasteiger partial charge in [-0.25, -0.2) is 0 Å². The zero-order valence-electron chi connectivity index (χ0n) is 7.10. The minimum absolute atomic E-state index is 0. The fourth-order valence-corrected chi connectivity index (χ4v) is 2.08. The molecule has 0 saturated carbocycles. The van der Waals surface area contributed by atoms with E-state index in [2.05, 4.69) is 0 Å². The molecular weight excluding hydrogens is 374 g/mol. The molecule has 0 amide bonds. The Morgan fingerprint density at radius 3 is 2.38 bits per heavy atom. The average Bonchev–Trinajstić information content (AvgIpc) is 1.94. The van der Waals surface area contributed by atoms with E-state index in [9.17, 15) is 10.1 Å². The number of hydrogen-bond donors (Lipinski definition) is 1. The third kappa shape index (κ3) is 4.37. The molecule has 0 aromatic heterocycles. The number of nitro groups is 1. The number of benzene rings is 1. The molecule has 1 aromatic rings. The van der Waals surface area contributed by atoms with Crippen LogP contribution in [-0.4, -0.2) is 15.5 Å². The smallest absolute Gasteiger partial charge is 0.870 e. The molecule has 0 aliphatic carbocycles. The maximum atomic E-state index is 10.3. The van der Waals surface area contributed by atoms with Crippen LogP contribution in [0.1, 0.15) is 0 Å². The van der Waals surface area contributed by atoms with E-state index >= 15 is 0 Å². The summed E-state index contributed by atoms with van der Waals surface area (Å²) in [6.07, 6.45) is 0. The van der Waals surface area contributed by atoms with Gasteiger partial charge in [-0.05, 0) is 0 Å². The molecule has 1 aromatic carbocycles. The van der Waals surface area contributed by atoms with Crippen LogP contribution in [0.4, 0.5) is 5.69 Å². The first-order valence-electron chi connectivity index (χ1n) is 2.90. The number of phenolic OH excluding ortho intramolecular Hbond substituents is 1. The van der Waals surface area contributed by atoms with Gasteiger partial charge in [-0.15, -0.1) is 0 Å². The molecule has 0 fully saturated rings. The summed E-state index contributed by atoms with van der Waals surface area (Å²) in [7, 11) is 0. The molecule has 2 N–H and O–H groups in total. The number of nitro benzene ring substituents is 1. The fourth-order valence-electron chi connectivity index (χ4n) is 0.722. The first kappa shape index (κ1) is 15.8. The molecule has 0 bridgehead atoms. The standard InChI is InChI=1S/C6H4NO3.Hg.Na.H2O/c8-6-3-1-2-5(4-6)7(9)10;;;/h1,3-4,8H;;;1H2/q;;+1;/p-1. The number of nitrogens with zero attached hydrogens (tertiary/aromatic N) is 1. The van der Waals surface area contributed by atoms with Crippen LogP contribution in [0.15, 0.2) is 18.2 Å². The number of phenols is 1. The third-order valence-corrected chi connectivity index (χ3v) is 3.59. The molecule has 0 saturated heterocycles. The fraction of sp³-hybridized carbons (Fsp3) is 0. The molecule has 13 heavy (non-hydrogen) atoms. The van der Waals surface area contributed by atoms with Crippen molar-refractivity contribution in [3.8, 4) is 5.75 Å². The van der Waals surface area contributed by atoms with E-state index in [4.69, 9.17) is 5.11 Å². The van der Waals surface area contributed by atoms with Crippen molar-refractivity contribution in [1.82, 2.24) is 0 Å². The normalized spacial score (nSPS) is 8.15. The van der Waals surface area contributed by atoms with E-state index in [-0.39, 0.29) is 72.6 Å². The molecule has 0 radical (unpaired) electrons. The van der Waals surface area contributed by atoms with Crippen molar-refractivity contribution in [2.75, 3.05) is 0 Å². The van der Waals surface area contributed by atoms with Crippen molar-refractivity contribution in [1.29, 1.82) is 0 Å². The van der Waals surface area contributed by atoms with Gasteiger partial charge in [0.2, 0.25) is 0 Å². The monoisotopic (exact) mass is 380 g/mol. The molecular formula is C6H5HgNNaO4. The summed E-state index contributed by atoms with van der Waals surface area (Å²) in [6.45, 7) is 0. The molecule has 1 rings (SSSR count). The van der Waals surface area contributed by atoms with Crippen molar-refractivity contribution >= 4 is 8.76 Å². The van der Waals surface area contributed by atoms with E-state index in [1.54, 1.807) is 6.07 Å². The van der Waals surface area contributed by atoms with Gasteiger partial charge in [0.25, 0.3) is 0 Å². The van der Waals surface area contributed by atoms with E-state index in [0.29, 0.717) is 0 Å². The number of rotatable bonds is 1. The Kier molecular flexibility index (Phi) is 8.16. The van der Waals surface area contributed by atoms with Crippen molar-refractivity contribution in [3.63, 3.8) is 0 Å². The van der Waals surface area contributed by atoms with E-state index in [1.807, 2.05) is 0 Å². The van der Waals surface area contributed by atoms with Crippen LogP contribution in [0.5, 0.6) is 5.75 Å². The van der Waals surface area contributed by atoms with Gasteiger partial charge in [0.05, 0.1) is 0 Å². The zero-order valence-corrected chi connectivity index (χ0v) is 14.6. The summed E-state index contributed by atoms with van der Waals surface area (Å²) in [5.41, 5.74) is 0.0355. The molecule has 0 atom stereocenters. The summed E-state index contributed by atoms with van der Waals surface area (Å²) in [5.74, 6) is -0.0501. The second kappa shape index (κ2) is 6.72. The SMILES string of the molecule is O=[N+]([O-])c1cc(O)cc[c]1[Hg].[Na+].[OH-]. The molecule has 0 heterocycles. The first-order chi connectivity index (χ1) is 5.11. The van der Waals surface area contributed by atoms with Gasteiger partial charge < -0.3 is 5.48 Å². The van der Waals surface area contributed by atoms with Crippen LogP contribution >= 0.6 is 0 Å². The summed E-state index contributed by atoms with van der Waals surface area (Å²) >= 11 is 0.217. The van der Waals surface area contributed by atoms with Gasteiger partial charge in [-0.2, -0.15) is 0 Å². The molecule has 7 heteroatoms. The Hall–Kier alpha value is 0.315. The summed E-state index contributed by atoms with van der Waals surface area (Å²) in [5, 5.41) is 19.2. The Labute approximate surface area is 113 Å². The van der Waals surface area contributed by atoms with Crippen molar-refractivity contribution in [2.45, 2.75) is 0 Å². The second-order valence-corrected chi connectivity index (χ2v) is 5.03. The largest absolute Gasteiger partial charge is 1.00 e. The minimum atomic E-state index is -0.470. The predicted molar refractivity (Wildman–Crippen MR) is 36.3 cm³/mol.